The summed E-state index contributed by atoms with van der Waals surface area (Å²) in [7, 11) is -2.83. The van der Waals surface area contributed by atoms with Gasteiger partial charge in [-0.05, 0) is 61.6 Å². The van der Waals surface area contributed by atoms with Gasteiger partial charge >= 0.3 is 0 Å². The van der Waals surface area contributed by atoms with Gasteiger partial charge < -0.3 is 4.57 Å². The fourth-order valence-corrected chi connectivity index (χ4v) is 7.63. The van der Waals surface area contributed by atoms with Crippen LogP contribution in [0.2, 0.25) is 0 Å². The summed E-state index contributed by atoms with van der Waals surface area (Å²) in [4.78, 5) is 0. The van der Waals surface area contributed by atoms with Crippen LogP contribution in [-0.2, 0) is 4.57 Å². The van der Waals surface area contributed by atoms with Crippen molar-refractivity contribution in [3.63, 3.8) is 0 Å². The van der Waals surface area contributed by atoms with E-state index in [1.54, 1.807) is 0 Å². The van der Waals surface area contributed by atoms with E-state index in [0.29, 0.717) is 0 Å². The molecule has 4 rings (SSSR count). The highest BCUT2D eigenvalue weighted by Gasteiger charge is 2.42. The van der Waals surface area contributed by atoms with Gasteiger partial charge in [0.2, 0.25) is 0 Å². The summed E-state index contributed by atoms with van der Waals surface area (Å²) < 4.78 is 14.6. The van der Waals surface area contributed by atoms with Crippen LogP contribution in [0.1, 0.15) is 22.3 Å². The third kappa shape index (κ3) is 1.91. The Balaban J connectivity index is 2.20. The topological polar surface area (TPSA) is 17.1 Å². The van der Waals surface area contributed by atoms with Gasteiger partial charge in [-0.25, -0.2) is 0 Å². The zero-order valence-corrected chi connectivity index (χ0v) is 15.4. The highest BCUT2D eigenvalue weighted by atomic mass is 31.2. The number of hydrogen-bond acceptors (Lipinski definition) is 1. The second-order valence-electron chi connectivity index (χ2n) is 6.84. The van der Waals surface area contributed by atoms with E-state index in [4.69, 9.17) is 0 Å². The molecule has 1 heterocycles. The molecule has 24 heavy (non-hydrogen) atoms. The third-order valence-corrected chi connectivity index (χ3v) is 8.55. The molecule has 1 nitrogen and oxygen atoms in total. The molecule has 0 bridgehead atoms. The van der Waals surface area contributed by atoms with E-state index in [2.05, 4.69) is 70.2 Å². The monoisotopic (exact) mass is 332 g/mol. The molecule has 0 saturated heterocycles. The molecule has 0 aliphatic carbocycles. The summed E-state index contributed by atoms with van der Waals surface area (Å²) in [5, 5.41) is 3.02. The Morgan fingerprint density at radius 2 is 1.38 bits per heavy atom. The minimum absolute atomic E-state index is 0.988. The van der Waals surface area contributed by atoms with Crippen LogP contribution in [0.4, 0.5) is 0 Å². The van der Waals surface area contributed by atoms with Crippen LogP contribution >= 0.6 is 7.14 Å². The Bertz CT molecular complexity index is 1030. The van der Waals surface area contributed by atoms with E-state index in [0.717, 1.165) is 38.2 Å². The van der Waals surface area contributed by atoms with Crippen molar-refractivity contribution in [3.8, 4) is 11.1 Å². The van der Waals surface area contributed by atoms with E-state index in [-0.39, 0.29) is 0 Å². The molecule has 0 radical (unpaired) electrons. The van der Waals surface area contributed by atoms with Gasteiger partial charge in [0.1, 0.15) is 0 Å². The Labute approximate surface area is 143 Å². The quantitative estimate of drug-likeness (QED) is 0.468. The average molecular weight is 332 g/mol. The van der Waals surface area contributed by atoms with Gasteiger partial charge in [0.25, 0.3) is 0 Å². The van der Waals surface area contributed by atoms with Crippen LogP contribution in [0.3, 0.4) is 0 Å². The summed E-state index contributed by atoms with van der Waals surface area (Å²) in [6.45, 7) is 8.34. The van der Waals surface area contributed by atoms with Crippen molar-refractivity contribution in [2.75, 3.05) is 0 Å². The molecule has 2 heteroatoms. The maximum Gasteiger partial charge on any atom is 0.172 e. The maximum atomic E-state index is 14.6. The molecule has 1 aliphatic rings. The number of benzene rings is 3. The lowest BCUT2D eigenvalue weighted by molar-refractivity contribution is 0.592. The molecule has 120 valence electrons. The van der Waals surface area contributed by atoms with E-state index in [1.807, 2.05) is 12.1 Å². The van der Waals surface area contributed by atoms with Crippen molar-refractivity contribution < 1.29 is 4.57 Å². The summed E-state index contributed by atoms with van der Waals surface area (Å²) in [6.07, 6.45) is 0. The van der Waals surface area contributed by atoms with Gasteiger partial charge in [-0.1, -0.05) is 54.1 Å². The predicted octanol–water partition coefficient (Wildman–Crippen LogP) is 4.54. The Hall–Kier alpha value is -2.11. The zero-order valence-electron chi connectivity index (χ0n) is 14.6. The van der Waals surface area contributed by atoms with E-state index in [9.17, 15) is 4.57 Å². The standard InChI is InChI=1S/C22H21OP/c1-14-9-10-15(2)20(13-14)24(23)19-8-6-5-7-18(19)21-16(3)11-12-17(4)22(21)24/h5-13H,1-4H3/t24-/m1/s1. The molecule has 3 aromatic rings. The van der Waals surface area contributed by atoms with E-state index < -0.39 is 7.14 Å². The smallest absolute Gasteiger partial charge is 0.172 e. The molecular weight excluding hydrogens is 311 g/mol. The van der Waals surface area contributed by atoms with Crippen LogP contribution < -0.4 is 15.9 Å². The normalized spacial score (nSPS) is 18.3. The van der Waals surface area contributed by atoms with Crippen molar-refractivity contribution in [3.05, 3.63) is 76.9 Å². The Morgan fingerprint density at radius 3 is 2.17 bits per heavy atom. The highest BCUT2D eigenvalue weighted by Crippen LogP contribution is 2.54. The van der Waals surface area contributed by atoms with Gasteiger partial charge in [-0.15, -0.1) is 0 Å². The average Bonchev–Trinajstić information content (AvgIpc) is 2.85. The van der Waals surface area contributed by atoms with Gasteiger partial charge in [-0.3, -0.25) is 0 Å². The molecule has 0 spiro atoms. The van der Waals surface area contributed by atoms with Crippen LogP contribution in [0, 0.1) is 27.7 Å². The Kier molecular flexibility index (Phi) is 3.34. The number of hydrogen-bond donors (Lipinski definition) is 0. The first-order chi connectivity index (χ1) is 11.4. The minimum Gasteiger partial charge on any atom is -0.309 e. The van der Waals surface area contributed by atoms with Crippen LogP contribution in [-0.4, -0.2) is 0 Å². The first-order valence-electron chi connectivity index (χ1n) is 8.33. The molecule has 0 amide bonds. The van der Waals surface area contributed by atoms with E-state index >= 15 is 0 Å². The minimum atomic E-state index is -2.83. The lowest BCUT2D eigenvalue weighted by atomic mass is 9.99. The zero-order chi connectivity index (χ0) is 17.1. The summed E-state index contributed by atoms with van der Waals surface area (Å²) in [5.41, 5.74) is 6.89. The third-order valence-electron chi connectivity index (χ3n) is 5.12. The fraction of sp³-hybridized carbons (Fsp3) is 0.182. The highest BCUT2D eigenvalue weighted by molar-refractivity contribution is 7.86. The van der Waals surface area contributed by atoms with Gasteiger partial charge in [0.05, 0.1) is 0 Å². The van der Waals surface area contributed by atoms with Gasteiger partial charge in [0, 0.05) is 15.9 Å². The van der Waals surface area contributed by atoms with E-state index in [1.165, 1.54) is 11.1 Å². The second kappa shape index (κ2) is 5.19. The number of aryl methyl sites for hydroxylation is 4. The van der Waals surface area contributed by atoms with Crippen LogP contribution in [0.5, 0.6) is 0 Å². The van der Waals surface area contributed by atoms with Crippen molar-refractivity contribution in [2.24, 2.45) is 0 Å². The lowest BCUT2D eigenvalue weighted by Crippen LogP contribution is -2.24. The summed E-state index contributed by atoms with van der Waals surface area (Å²) >= 11 is 0. The van der Waals surface area contributed by atoms with Crippen molar-refractivity contribution in [1.82, 2.24) is 0 Å². The first kappa shape index (κ1) is 15.4. The second-order valence-corrected chi connectivity index (χ2v) is 9.47. The molecule has 1 atom stereocenters. The van der Waals surface area contributed by atoms with Crippen molar-refractivity contribution in [1.29, 1.82) is 0 Å². The van der Waals surface area contributed by atoms with Crippen molar-refractivity contribution in [2.45, 2.75) is 27.7 Å². The van der Waals surface area contributed by atoms with Crippen molar-refractivity contribution >= 4 is 23.1 Å². The lowest BCUT2D eigenvalue weighted by Gasteiger charge is -2.20. The van der Waals surface area contributed by atoms with Gasteiger partial charge in [-0.2, -0.15) is 0 Å². The molecule has 3 aromatic carbocycles. The molecule has 1 aliphatic heterocycles. The molecular formula is C22H21OP. The molecule has 0 unspecified atom stereocenters. The number of fused-ring (bicyclic) bond motifs is 3. The predicted molar refractivity (Wildman–Crippen MR) is 104 cm³/mol. The van der Waals surface area contributed by atoms with Crippen LogP contribution in [0.15, 0.2) is 54.6 Å². The summed E-state index contributed by atoms with van der Waals surface area (Å²) in [6, 6.07) is 18.8. The Morgan fingerprint density at radius 1 is 0.708 bits per heavy atom. The fourth-order valence-electron chi connectivity index (χ4n) is 3.93. The van der Waals surface area contributed by atoms with Crippen LogP contribution in [0.25, 0.3) is 11.1 Å². The molecule has 0 fully saturated rings. The molecule has 0 aromatic heterocycles. The molecule has 0 saturated carbocycles. The number of rotatable bonds is 1. The largest absolute Gasteiger partial charge is 0.309 e. The summed E-state index contributed by atoms with van der Waals surface area (Å²) in [5.74, 6) is 0. The molecule has 0 N–H and O–H groups in total. The van der Waals surface area contributed by atoms with Gasteiger partial charge in [0.15, 0.2) is 7.14 Å². The maximum absolute atomic E-state index is 14.6. The SMILES string of the molecule is Cc1ccc(C)c([P@]2(=O)c3ccccc3-c3c(C)ccc(C)c32)c1. The first-order valence-corrected chi connectivity index (χ1v) is 10.0.